The van der Waals surface area contributed by atoms with E-state index in [-0.39, 0.29) is 0 Å². The highest BCUT2D eigenvalue weighted by Gasteiger charge is 1.97. The van der Waals surface area contributed by atoms with Crippen molar-refractivity contribution in [1.82, 2.24) is 0 Å². The van der Waals surface area contributed by atoms with Gasteiger partial charge in [0.2, 0.25) is 0 Å². The summed E-state index contributed by atoms with van der Waals surface area (Å²) < 4.78 is 6.68. The van der Waals surface area contributed by atoms with Crippen LogP contribution < -0.4 is 0 Å². The third-order valence-electron chi connectivity index (χ3n) is 2.41. The maximum Gasteiger partial charge on any atom is 0.0645 e. The number of nitrogens with zero attached hydrogens (tertiary/aromatic N) is 1. The van der Waals surface area contributed by atoms with Crippen LogP contribution in [-0.4, -0.2) is 13.2 Å². The topological polar surface area (TPSA) is 33.0 Å². The van der Waals surface area contributed by atoms with Gasteiger partial charge in [-0.2, -0.15) is 5.26 Å². The van der Waals surface area contributed by atoms with Crippen LogP contribution in [0.25, 0.3) is 10.1 Å². The van der Waals surface area contributed by atoms with Crippen LogP contribution in [0.3, 0.4) is 0 Å². The molecule has 1 aromatic heterocycles. The monoisotopic (exact) mass is 231 g/mol. The molecule has 1 aromatic carbocycles. The van der Waals surface area contributed by atoms with Gasteiger partial charge in [-0.05, 0) is 34.9 Å². The van der Waals surface area contributed by atoms with Gasteiger partial charge in [0.15, 0.2) is 0 Å². The number of rotatable bonds is 5. The number of ether oxygens (including phenoxy) is 1. The summed E-state index contributed by atoms with van der Waals surface area (Å²) in [5, 5.41) is 11.8. The molecule has 2 rings (SSSR count). The second-order valence-corrected chi connectivity index (χ2v) is 4.51. The summed E-state index contributed by atoms with van der Waals surface area (Å²) in [6.45, 7) is 1.23. The molecule has 0 aliphatic heterocycles. The molecular formula is C13H13NOS. The molecule has 0 unspecified atom stereocenters. The van der Waals surface area contributed by atoms with Crippen molar-refractivity contribution >= 4 is 21.4 Å². The average Bonchev–Trinajstić information content (AvgIpc) is 2.76. The van der Waals surface area contributed by atoms with Gasteiger partial charge in [-0.1, -0.05) is 12.1 Å². The van der Waals surface area contributed by atoms with E-state index in [1.807, 2.05) is 0 Å². The highest BCUT2D eigenvalue weighted by Crippen LogP contribution is 2.21. The maximum absolute atomic E-state index is 8.35. The Morgan fingerprint density at radius 3 is 3.06 bits per heavy atom. The number of thiophene rings is 1. The molecule has 0 bridgehead atoms. The third-order valence-corrected chi connectivity index (χ3v) is 3.31. The summed E-state index contributed by atoms with van der Waals surface area (Å²) in [5.74, 6) is 0. The Balaban J connectivity index is 1.87. The smallest absolute Gasteiger partial charge is 0.0645 e. The Bertz CT molecular complexity index is 498. The van der Waals surface area contributed by atoms with Crippen molar-refractivity contribution in [2.75, 3.05) is 13.2 Å². The van der Waals surface area contributed by atoms with E-state index in [2.05, 4.69) is 35.7 Å². The van der Waals surface area contributed by atoms with Gasteiger partial charge in [0.1, 0.15) is 0 Å². The summed E-state index contributed by atoms with van der Waals surface area (Å²) in [4.78, 5) is 0. The lowest BCUT2D eigenvalue weighted by Crippen LogP contribution is -1.99. The first kappa shape index (κ1) is 11.1. The van der Waals surface area contributed by atoms with Crippen molar-refractivity contribution in [2.24, 2.45) is 0 Å². The van der Waals surface area contributed by atoms with Gasteiger partial charge in [0.25, 0.3) is 0 Å². The van der Waals surface area contributed by atoms with Gasteiger partial charge in [0, 0.05) is 4.70 Å². The molecule has 0 spiro atoms. The van der Waals surface area contributed by atoms with E-state index in [4.69, 9.17) is 10.00 Å². The fourth-order valence-electron chi connectivity index (χ4n) is 1.58. The first-order valence-corrected chi connectivity index (χ1v) is 6.19. The van der Waals surface area contributed by atoms with Crippen molar-refractivity contribution in [3.63, 3.8) is 0 Å². The van der Waals surface area contributed by atoms with Crippen LogP contribution in [0.2, 0.25) is 0 Å². The van der Waals surface area contributed by atoms with Crippen LogP contribution in [0, 0.1) is 11.3 Å². The zero-order valence-corrected chi connectivity index (χ0v) is 9.80. The first-order chi connectivity index (χ1) is 7.90. The molecule has 0 amide bonds. The van der Waals surface area contributed by atoms with Crippen LogP contribution in [0.4, 0.5) is 0 Å². The largest absolute Gasteiger partial charge is 0.380 e. The fourth-order valence-corrected chi connectivity index (χ4v) is 2.35. The van der Waals surface area contributed by atoms with Crippen molar-refractivity contribution < 1.29 is 4.74 Å². The first-order valence-electron chi connectivity index (χ1n) is 5.31. The molecule has 0 atom stereocenters. The van der Waals surface area contributed by atoms with Gasteiger partial charge in [-0.3, -0.25) is 0 Å². The molecule has 3 heteroatoms. The Kier molecular flexibility index (Phi) is 3.92. The Labute approximate surface area is 99.1 Å². The summed E-state index contributed by atoms with van der Waals surface area (Å²) in [5.41, 5.74) is 1.29. The Morgan fingerprint density at radius 1 is 1.25 bits per heavy atom. The molecule has 1 heterocycles. The summed E-state index contributed by atoms with van der Waals surface area (Å²) in [7, 11) is 0. The Hall–Kier alpha value is -1.37. The molecule has 16 heavy (non-hydrogen) atoms. The number of hydrogen-bond donors (Lipinski definition) is 0. The molecule has 0 N–H and O–H groups in total. The molecule has 0 aliphatic rings. The molecule has 0 saturated heterocycles. The predicted octanol–water partition coefficient (Wildman–Crippen LogP) is 3.37. The number of fused-ring (bicyclic) bond motifs is 1. The summed E-state index contributed by atoms with van der Waals surface area (Å²) in [6, 6.07) is 10.7. The Morgan fingerprint density at radius 2 is 2.19 bits per heavy atom. The standard InChI is InChI=1S/C13H13NOS/c14-6-1-7-15-8-4-11-2-3-13-12(10-11)5-9-16-13/h2-3,5,9-10H,1,4,7-8H2. The average molecular weight is 231 g/mol. The van der Waals surface area contributed by atoms with Crippen molar-refractivity contribution in [2.45, 2.75) is 12.8 Å². The van der Waals surface area contributed by atoms with E-state index in [9.17, 15) is 0 Å². The van der Waals surface area contributed by atoms with Crippen molar-refractivity contribution in [1.29, 1.82) is 5.26 Å². The summed E-state index contributed by atoms with van der Waals surface area (Å²) >= 11 is 1.76. The molecule has 82 valence electrons. The normalized spacial score (nSPS) is 10.4. The van der Waals surface area contributed by atoms with Gasteiger partial charge in [-0.15, -0.1) is 11.3 Å². The minimum absolute atomic E-state index is 0.476. The van der Waals surface area contributed by atoms with Crippen LogP contribution in [0.5, 0.6) is 0 Å². The fraction of sp³-hybridized carbons (Fsp3) is 0.308. The van der Waals surface area contributed by atoms with E-state index < -0.39 is 0 Å². The zero-order valence-electron chi connectivity index (χ0n) is 8.98. The van der Waals surface area contributed by atoms with Gasteiger partial charge >= 0.3 is 0 Å². The lowest BCUT2D eigenvalue weighted by atomic mass is 10.1. The lowest BCUT2D eigenvalue weighted by Gasteiger charge is -2.02. The SMILES string of the molecule is N#CCCOCCc1ccc2sccc2c1. The molecule has 0 saturated carbocycles. The lowest BCUT2D eigenvalue weighted by molar-refractivity contribution is 0.143. The van der Waals surface area contributed by atoms with Crippen LogP contribution in [0.15, 0.2) is 29.6 Å². The van der Waals surface area contributed by atoms with E-state index in [1.54, 1.807) is 11.3 Å². The van der Waals surface area contributed by atoms with Crippen LogP contribution in [-0.2, 0) is 11.2 Å². The highest BCUT2D eigenvalue weighted by molar-refractivity contribution is 7.17. The second kappa shape index (κ2) is 5.64. The molecular weight excluding hydrogens is 218 g/mol. The highest BCUT2D eigenvalue weighted by atomic mass is 32.1. The van der Waals surface area contributed by atoms with E-state index in [0.717, 1.165) is 6.42 Å². The summed E-state index contributed by atoms with van der Waals surface area (Å²) in [6.07, 6.45) is 1.39. The predicted molar refractivity (Wildman–Crippen MR) is 66.6 cm³/mol. The molecule has 2 nitrogen and oxygen atoms in total. The van der Waals surface area contributed by atoms with Gasteiger partial charge < -0.3 is 4.74 Å². The maximum atomic E-state index is 8.35. The number of nitriles is 1. The van der Waals surface area contributed by atoms with E-state index >= 15 is 0 Å². The molecule has 0 aliphatic carbocycles. The van der Waals surface area contributed by atoms with E-state index in [0.29, 0.717) is 19.6 Å². The van der Waals surface area contributed by atoms with Crippen LogP contribution >= 0.6 is 11.3 Å². The molecule has 0 fully saturated rings. The van der Waals surface area contributed by atoms with Gasteiger partial charge in [-0.25, -0.2) is 0 Å². The second-order valence-electron chi connectivity index (χ2n) is 3.56. The van der Waals surface area contributed by atoms with Crippen molar-refractivity contribution in [3.8, 4) is 6.07 Å². The molecule has 2 aromatic rings. The van der Waals surface area contributed by atoms with Gasteiger partial charge in [0.05, 0.1) is 25.7 Å². The number of hydrogen-bond acceptors (Lipinski definition) is 3. The molecule has 0 radical (unpaired) electrons. The van der Waals surface area contributed by atoms with Crippen molar-refractivity contribution in [3.05, 3.63) is 35.2 Å². The van der Waals surface area contributed by atoms with E-state index in [1.165, 1.54) is 15.6 Å². The third kappa shape index (κ3) is 2.82. The quantitative estimate of drug-likeness (QED) is 0.739. The number of benzene rings is 1. The minimum atomic E-state index is 0.476. The van der Waals surface area contributed by atoms with Crippen LogP contribution in [0.1, 0.15) is 12.0 Å². The minimum Gasteiger partial charge on any atom is -0.380 e. The zero-order chi connectivity index (χ0) is 11.2.